The van der Waals surface area contributed by atoms with Crippen molar-refractivity contribution in [3.05, 3.63) is 27.4 Å². The zero-order valence-electron chi connectivity index (χ0n) is 10.8. The van der Waals surface area contributed by atoms with E-state index in [1.807, 2.05) is 20.8 Å². The Bertz CT molecular complexity index is 484. The second-order valence-corrected chi connectivity index (χ2v) is 4.35. The van der Waals surface area contributed by atoms with Crippen LogP contribution in [0, 0.1) is 26.2 Å². The Morgan fingerprint density at radius 1 is 1.47 bits per heavy atom. The number of nitrogens with zero attached hydrogens (tertiary/aromatic N) is 1. The summed E-state index contributed by atoms with van der Waals surface area (Å²) >= 11 is 0. The number of nitrogens with one attached hydrogen (secondary N) is 2. The van der Waals surface area contributed by atoms with Crippen molar-refractivity contribution in [3.8, 4) is 12.3 Å². The summed E-state index contributed by atoms with van der Waals surface area (Å²) in [5, 5.41) is 3.30. The molecule has 0 saturated heterocycles. The van der Waals surface area contributed by atoms with Crippen molar-refractivity contribution in [2.45, 2.75) is 46.2 Å². The molecule has 0 radical (unpaired) electrons. The van der Waals surface area contributed by atoms with Crippen LogP contribution in [0.2, 0.25) is 0 Å². The molecule has 1 aromatic rings. The Balaban J connectivity index is 2.94. The van der Waals surface area contributed by atoms with Crippen LogP contribution in [0.25, 0.3) is 0 Å². The van der Waals surface area contributed by atoms with Crippen LogP contribution in [0.5, 0.6) is 0 Å². The van der Waals surface area contributed by atoms with Crippen LogP contribution >= 0.6 is 0 Å². The minimum Gasteiger partial charge on any atom is -0.310 e. The van der Waals surface area contributed by atoms with Gasteiger partial charge in [0.2, 0.25) is 0 Å². The second kappa shape index (κ2) is 5.65. The molecular formula is C13H19N3O. The first-order valence-corrected chi connectivity index (χ1v) is 5.72. The first-order chi connectivity index (χ1) is 7.95. The fourth-order valence-electron chi connectivity index (χ4n) is 1.99. The lowest BCUT2D eigenvalue weighted by Gasteiger charge is -2.19. The maximum atomic E-state index is 11.9. The van der Waals surface area contributed by atoms with E-state index in [0.29, 0.717) is 17.8 Å². The summed E-state index contributed by atoms with van der Waals surface area (Å²) < 4.78 is 0. The minimum absolute atomic E-state index is 0.0600. The molecule has 2 atom stereocenters. The standard InChI is InChI=1S/C13H19N3O/c1-6-7-8(2)14-9(3)12-10(4)15-11(5)16-13(12)17/h1,8-9,14H,7H2,2-5H3,(H,15,16,17). The molecule has 0 aliphatic heterocycles. The van der Waals surface area contributed by atoms with Crippen LogP contribution in [0.4, 0.5) is 0 Å². The summed E-state index contributed by atoms with van der Waals surface area (Å²) in [6.07, 6.45) is 5.89. The molecule has 0 aromatic carbocycles. The fraction of sp³-hybridized carbons (Fsp3) is 0.538. The topological polar surface area (TPSA) is 57.8 Å². The molecule has 0 fully saturated rings. The first kappa shape index (κ1) is 13.5. The molecule has 4 nitrogen and oxygen atoms in total. The number of aromatic amines is 1. The van der Waals surface area contributed by atoms with Crippen molar-refractivity contribution in [3.63, 3.8) is 0 Å². The summed E-state index contributed by atoms with van der Waals surface area (Å²) in [5.41, 5.74) is 1.36. The van der Waals surface area contributed by atoms with Crippen molar-refractivity contribution in [2.24, 2.45) is 0 Å². The first-order valence-electron chi connectivity index (χ1n) is 5.72. The summed E-state index contributed by atoms with van der Waals surface area (Å²) in [6.45, 7) is 7.57. The third-order valence-corrected chi connectivity index (χ3v) is 2.66. The molecule has 1 aromatic heterocycles. The van der Waals surface area contributed by atoms with Crippen molar-refractivity contribution in [2.75, 3.05) is 0 Å². The summed E-state index contributed by atoms with van der Waals surface area (Å²) in [6, 6.07) is 0.116. The minimum atomic E-state index is -0.0806. The van der Waals surface area contributed by atoms with Crippen LogP contribution in [-0.4, -0.2) is 16.0 Å². The zero-order chi connectivity index (χ0) is 13.0. The van der Waals surface area contributed by atoms with E-state index in [9.17, 15) is 4.79 Å². The SMILES string of the molecule is C#CCC(C)NC(C)c1c(C)nc(C)[nH]c1=O. The Morgan fingerprint density at radius 3 is 2.65 bits per heavy atom. The molecule has 4 heteroatoms. The van der Waals surface area contributed by atoms with Gasteiger partial charge in [-0.2, -0.15) is 0 Å². The van der Waals surface area contributed by atoms with Gasteiger partial charge < -0.3 is 10.3 Å². The van der Waals surface area contributed by atoms with Gasteiger partial charge in [-0.05, 0) is 27.7 Å². The summed E-state index contributed by atoms with van der Waals surface area (Å²) in [7, 11) is 0. The quantitative estimate of drug-likeness (QED) is 0.774. The van der Waals surface area contributed by atoms with Gasteiger partial charge >= 0.3 is 0 Å². The number of hydrogen-bond donors (Lipinski definition) is 2. The smallest absolute Gasteiger partial charge is 0.255 e. The highest BCUT2D eigenvalue weighted by molar-refractivity contribution is 5.20. The van der Waals surface area contributed by atoms with E-state index in [0.717, 1.165) is 5.69 Å². The van der Waals surface area contributed by atoms with Crippen molar-refractivity contribution < 1.29 is 0 Å². The van der Waals surface area contributed by atoms with Crippen LogP contribution in [0.15, 0.2) is 4.79 Å². The largest absolute Gasteiger partial charge is 0.310 e. The molecule has 0 aliphatic carbocycles. The Hall–Kier alpha value is -1.60. The van der Waals surface area contributed by atoms with E-state index in [1.54, 1.807) is 6.92 Å². The summed E-state index contributed by atoms with van der Waals surface area (Å²) in [5.74, 6) is 3.24. The fourth-order valence-corrected chi connectivity index (χ4v) is 1.99. The summed E-state index contributed by atoms with van der Waals surface area (Å²) in [4.78, 5) is 18.9. The number of H-pyrrole nitrogens is 1. The number of rotatable bonds is 4. The molecule has 0 saturated carbocycles. The molecule has 1 rings (SSSR count). The van der Waals surface area contributed by atoms with Gasteiger partial charge in [-0.25, -0.2) is 4.98 Å². The van der Waals surface area contributed by atoms with Gasteiger partial charge in [0.25, 0.3) is 5.56 Å². The van der Waals surface area contributed by atoms with Gasteiger partial charge in [0.1, 0.15) is 5.82 Å². The van der Waals surface area contributed by atoms with Crippen molar-refractivity contribution in [1.29, 1.82) is 0 Å². The van der Waals surface area contributed by atoms with Gasteiger partial charge in [-0.1, -0.05) is 0 Å². The number of hydrogen-bond acceptors (Lipinski definition) is 3. The molecule has 92 valence electrons. The maximum Gasteiger partial charge on any atom is 0.255 e. The highest BCUT2D eigenvalue weighted by atomic mass is 16.1. The molecule has 2 unspecified atom stereocenters. The molecule has 0 spiro atoms. The van der Waals surface area contributed by atoms with E-state index < -0.39 is 0 Å². The number of aromatic nitrogens is 2. The third-order valence-electron chi connectivity index (χ3n) is 2.66. The van der Waals surface area contributed by atoms with Gasteiger partial charge in [-0.15, -0.1) is 12.3 Å². The molecule has 17 heavy (non-hydrogen) atoms. The van der Waals surface area contributed by atoms with Crippen LogP contribution in [0.1, 0.15) is 43.4 Å². The average molecular weight is 233 g/mol. The molecule has 0 amide bonds. The van der Waals surface area contributed by atoms with Crippen molar-refractivity contribution in [1.82, 2.24) is 15.3 Å². The lowest BCUT2D eigenvalue weighted by molar-refractivity contribution is 0.480. The molecule has 0 bridgehead atoms. The molecule has 2 N–H and O–H groups in total. The van der Waals surface area contributed by atoms with Gasteiger partial charge in [-0.3, -0.25) is 4.79 Å². The van der Waals surface area contributed by atoms with E-state index in [4.69, 9.17) is 6.42 Å². The molecular weight excluding hydrogens is 214 g/mol. The second-order valence-electron chi connectivity index (χ2n) is 4.35. The van der Waals surface area contributed by atoms with E-state index in [1.165, 1.54) is 0 Å². The van der Waals surface area contributed by atoms with Crippen molar-refractivity contribution >= 4 is 0 Å². The predicted molar refractivity (Wildman–Crippen MR) is 68.8 cm³/mol. The van der Waals surface area contributed by atoms with Gasteiger partial charge in [0, 0.05) is 24.2 Å². The third kappa shape index (κ3) is 3.43. The Labute approximate surface area is 102 Å². The predicted octanol–water partition coefficient (Wildman–Crippen LogP) is 1.45. The van der Waals surface area contributed by atoms with Crippen LogP contribution < -0.4 is 10.9 Å². The monoisotopic (exact) mass is 233 g/mol. The zero-order valence-corrected chi connectivity index (χ0v) is 10.8. The van der Waals surface area contributed by atoms with Gasteiger partial charge in [0.05, 0.1) is 5.56 Å². The number of aryl methyl sites for hydroxylation is 2. The highest BCUT2D eigenvalue weighted by Crippen LogP contribution is 2.12. The normalized spacial score (nSPS) is 14.1. The highest BCUT2D eigenvalue weighted by Gasteiger charge is 2.15. The van der Waals surface area contributed by atoms with E-state index >= 15 is 0 Å². The van der Waals surface area contributed by atoms with E-state index in [-0.39, 0.29) is 17.6 Å². The lowest BCUT2D eigenvalue weighted by atomic mass is 10.1. The van der Waals surface area contributed by atoms with Crippen LogP contribution in [0.3, 0.4) is 0 Å². The Morgan fingerprint density at radius 2 is 2.12 bits per heavy atom. The maximum absolute atomic E-state index is 11.9. The van der Waals surface area contributed by atoms with Gasteiger partial charge in [0.15, 0.2) is 0 Å². The molecule has 0 aliphatic rings. The van der Waals surface area contributed by atoms with Crippen LogP contribution in [-0.2, 0) is 0 Å². The van der Waals surface area contributed by atoms with E-state index in [2.05, 4.69) is 21.2 Å². The number of terminal acetylenes is 1. The lowest BCUT2D eigenvalue weighted by Crippen LogP contribution is -2.33. The molecule has 1 heterocycles. The Kier molecular flexibility index (Phi) is 4.47. The average Bonchev–Trinajstić information content (AvgIpc) is 2.15.